The van der Waals surface area contributed by atoms with Gasteiger partial charge in [0.15, 0.2) is 5.82 Å². The van der Waals surface area contributed by atoms with Crippen LogP contribution in [0.4, 0.5) is 0 Å². The van der Waals surface area contributed by atoms with Crippen molar-refractivity contribution in [2.24, 2.45) is 5.92 Å². The van der Waals surface area contributed by atoms with Crippen LogP contribution in [0.15, 0.2) is 9.90 Å². The molecule has 0 amide bonds. The van der Waals surface area contributed by atoms with Crippen molar-refractivity contribution in [3.63, 3.8) is 0 Å². The minimum Gasteiger partial charge on any atom is -0.378 e. The Kier molecular flexibility index (Phi) is 5.20. The van der Waals surface area contributed by atoms with Crippen LogP contribution in [-0.2, 0) is 24.0 Å². The van der Waals surface area contributed by atoms with Crippen molar-refractivity contribution in [3.05, 3.63) is 27.8 Å². The van der Waals surface area contributed by atoms with Crippen LogP contribution in [0.3, 0.4) is 0 Å². The van der Waals surface area contributed by atoms with Gasteiger partial charge in [-0.05, 0) is 31.6 Å². The Morgan fingerprint density at radius 2 is 2.23 bits per heavy atom. The number of rotatable bonds is 6. The highest BCUT2D eigenvalue weighted by Crippen LogP contribution is 2.25. The van der Waals surface area contributed by atoms with E-state index in [0.29, 0.717) is 18.4 Å². The van der Waals surface area contributed by atoms with E-state index in [1.807, 2.05) is 0 Å². The highest BCUT2D eigenvalue weighted by molar-refractivity contribution is 7.09. The van der Waals surface area contributed by atoms with Crippen LogP contribution in [-0.4, -0.2) is 27.8 Å². The molecule has 0 aromatic carbocycles. The Hall–Kier alpha value is -1.27. The summed E-state index contributed by atoms with van der Waals surface area (Å²) in [6, 6.07) is 0. The molecule has 3 heterocycles. The molecule has 1 aliphatic heterocycles. The summed E-state index contributed by atoms with van der Waals surface area (Å²) in [7, 11) is 0. The monoisotopic (exact) mass is 321 g/mol. The molecule has 2 atom stereocenters. The van der Waals surface area contributed by atoms with Gasteiger partial charge in [-0.15, -0.1) is 11.3 Å². The molecule has 3 rings (SSSR count). The number of aromatic nitrogens is 3. The molecular formula is C16H23N3O2S. The van der Waals surface area contributed by atoms with Gasteiger partial charge in [-0.1, -0.05) is 19.0 Å². The molecule has 0 bridgehead atoms. The van der Waals surface area contributed by atoms with E-state index < -0.39 is 0 Å². The van der Waals surface area contributed by atoms with Crippen molar-refractivity contribution in [1.82, 2.24) is 15.1 Å². The SMILES string of the molecule is CCc1nc(Cc2noc(C[C@H]3CCO[C@H](CC)C3)n2)cs1. The predicted molar refractivity (Wildman–Crippen MR) is 85.1 cm³/mol. The molecule has 120 valence electrons. The summed E-state index contributed by atoms with van der Waals surface area (Å²) in [5, 5.41) is 7.34. The average molecular weight is 321 g/mol. The van der Waals surface area contributed by atoms with Crippen LogP contribution in [0.25, 0.3) is 0 Å². The number of hydrogen-bond acceptors (Lipinski definition) is 6. The first-order valence-electron chi connectivity index (χ1n) is 8.13. The Morgan fingerprint density at radius 1 is 1.32 bits per heavy atom. The highest BCUT2D eigenvalue weighted by Gasteiger charge is 2.23. The number of aryl methyl sites for hydroxylation is 1. The summed E-state index contributed by atoms with van der Waals surface area (Å²) in [6.45, 7) is 5.14. The molecular weight excluding hydrogens is 298 g/mol. The lowest BCUT2D eigenvalue weighted by atomic mass is 9.91. The molecule has 0 aliphatic carbocycles. The summed E-state index contributed by atoms with van der Waals surface area (Å²) in [5.74, 6) is 2.09. The van der Waals surface area contributed by atoms with Crippen molar-refractivity contribution in [2.45, 2.75) is 58.5 Å². The van der Waals surface area contributed by atoms with Crippen molar-refractivity contribution in [2.75, 3.05) is 6.61 Å². The zero-order valence-corrected chi connectivity index (χ0v) is 14.1. The molecule has 0 radical (unpaired) electrons. The van der Waals surface area contributed by atoms with Crippen molar-refractivity contribution in [1.29, 1.82) is 0 Å². The van der Waals surface area contributed by atoms with Gasteiger partial charge in [0.05, 0.1) is 23.2 Å². The van der Waals surface area contributed by atoms with Crippen LogP contribution >= 0.6 is 11.3 Å². The topological polar surface area (TPSA) is 61.0 Å². The standard InChI is InChI=1S/C16H23N3O2S/c1-3-13-7-11(5-6-20-13)8-15-18-14(19-21-15)9-12-10-22-16(4-2)17-12/h10-11,13H,3-9H2,1-2H3/t11-,13+/m0/s1. The van der Waals surface area contributed by atoms with Gasteiger partial charge in [0.2, 0.25) is 5.89 Å². The average Bonchev–Trinajstić information content (AvgIpc) is 3.17. The van der Waals surface area contributed by atoms with E-state index >= 15 is 0 Å². The van der Waals surface area contributed by atoms with Crippen LogP contribution in [0, 0.1) is 5.92 Å². The summed E-state index contributed by atoms with van der Waals surface area (Å²) in [5.41, 5.74) is 1.03. The van der Waals surface area contributed by atoms with Gasteiger partial charge < -0.3 is 9.26 Å². The molecule has 0 unspecified atom stereocenters. The molecule has 0 N–H and O–H groups in total. The van der Waals surface area contributed by atoms with Gasteiger partial charge in [-0.25, -0.2) is 4.98 Å². The first-order valence-corrected chi connectivity index (χ1v) is 9.01. The maximum atomic E-state index is 5.72. The quantitative estimate of drug-likeness (QED) is 0.816. The summed E-state index contributed by atoms with van der Waals surface area (Å²) in [4.78, 5) is 9.08. The lowest BCUT2D eigenvalue weighted by Gasteiger charge is -2.27. The minimum atomic E-state index is 0.392. The highest BCUT2D eigenvalue weighted by atomic mass is 32.1. The fraction of sp³-hybridized carbons (Fsp3) is 0.688. The fourth-order valence-corrected chi connectivity index (χ4v) is 3.62. The molecule has 2 aromatic rings. The normalized spacial score (nSPS) is 22.1. The Bertz CT molecular complexity index is 596. The molecule has 6 heteroatoms. The first-order chi connectivity index (χ1) is 10.8. The molecule has 1 saturated heterocycles. The van der Waals surface area contributed by atoms with Crippen LogP contribution in [0.1, 0.15) is 55.5 Å². The zero-order valence-electron chi connectivity index (χ0n) is 13.2. The zero-order chi connectivity index (χ0) is 15.4. The Balaban J connectivity index is 1.56. The maximum absolute atomic E-state index is 5.72. The fourth-order valence-electron chi connectivity index (χ4n) is 2.88. The summed E-state index contributed by atoms with van der Waals surface area (Å²) >= 11 is 1.70. The van der Waals surface area contributed by atoms with E-state index in [2.05, 4.69) is 34.4 Å². The van der Waals surface area contributed by atoms with Crippen LogP contribution in [0.2, 0.25) is 0 Å². The van der Waals surface area contributed by atoms with Gasteiger partial charge >= 0.3 is 0 Å². The molecule has 2 aromatic heterocycles. The smallest absolute Gasteiger partial charge is 0.226 e. The van der Waals surface area contributed by atoms with E-state index in [1.54, 1.807) is 11.3 Å². The van der Waals surface area contributed by atoms with Gasteiger partial charge in [0.1, 0.15) is 0 Å². The number of ether oxygens (including phenoxy) is 1. The maximum Gasteiger partial charge on any atom is 0.226 e. The number of hydrogen-bond donors (Lipinski definition) is 0. The van der Waals surface area contributed by atoms with Crippen LogP contribution < -0.4 is 0 Å². The number of nitrogens with zero attached hydrogens (tertiary/aromatic N) is 3. The van der Waals surface area contributed by atoms with Gasteiger partial charge in [-0.3, -0.25) is 0 Å². The third-order valence-corrected chi connectivity index (χ3v) is 5.19. The van der Waals surface area contributed by atoms with E-state index in [1.165, 1.54) is 0 Å². The van der Waals surface area contributed by atoms with Crippen molar-refractivity contribution < 1.29 is 9.26 Å². The summed E-state index contributed by atoms with van der Waals surface area (Å²) < 4.78 is 11.1. The van der Waals surface area contributed by atoms with E-state index in [4.69, 9.17) is 9.26 Å². The molecule has 1 aliphatic rings. The Labute approximate surface area is 135 Å². The third-order valence-electron chi connectivity index (χ3n) is 4.15. The van der Waals surface area contributed by atoms with Crippen molar-refractivity contribution >= 4 is 11.3 Å². The second kappa shape index (κ2) is 7.33. The second-order valence-electron chi connectivity index (χ2n) is 5.86. The van der Waals surface area contributed by atoms with Crippen molar-refractivity contribution in [3.8, 4) is 0 Å². The van der Waals surface area contributed by atoms with E-state index in [9.17, 15) is 0 Å². The van der Waals surface area contributed by atoms with Crippen LogP contribution in [0.5, 0.6) is 0 Å². The molecule has 1 fully saturated rings. The third kappa shape index (κ3) is 3.93. The molecule has 0 spiro atoms. The van der Waals surface area contributed by atoms with E-state index in [-0.39, 0.29) is 0 Å². The largest absolute Gasteiger partial charge is 0.378 e. The molecule has 0 saturated carbocycles. The predicted octanol–water partition coefficient (Wildman–Crippen LogP) is 3.43. The lowest BCUT2D eigenvalue weighted by molar-refractivity contribution is -0.0115. The Morgan fingerprint density at radius 3 is 3.00 bits per heavy atom. The first kappa shape index (κ1) is 15.6. The number of thiazole rings is 1. The molecule has 22 heavy (non-hydrogen) atoms. The van der Waals surface area contributed by atoms with Gasteiger partial charge in [-0.2, -0.15) is 4.98 Å². The minimum absolute atomic E-state index is 0.392. The molecule has 5 nitrogen and oxygen atoms in total. The van der Waals surface area contributed by atoms with E-state index in [0.717, 1.165) is 61.1 Å². The van der Waals surface area contributed by atoms with Gasteiger partial charge in [0, 0.05) is 18.4 Å². The lowest BCUT2D eigenvalue weighted by Crippen LogP contribution is -2.26. The van der Waals surface area contributed by atoms with Gasteiger partial charge in [0.25, 0.3) is 0 Å². The second-order valence-corrected chi connectivity index (χ2v) is 6.81. The summed E-state index contributed by atoms with van der Waals surface area (Å²) in [6.07, 6.45) is 6.15.